The third-order valence-corrected chi connectivity index (χ3v) is 3.21. The molecular weight excluding hydrogens is 282 g/mol. The SMILES string of the molecule is Cl.NCC(=O)N1CCN(C(=O)c2ccc(O)cc2)CC1. The molecule has 2 rings (SSSR count). The van der Waals surface area contributed by atoms with Crippen LogP contribution in [0.3, 0.4) is 0 Å². The molecule has 1 saturated heterocycles. The van der Waals surface area contributed by atoms with E-state index in [9.17, 15) is 14.7 Å². The predicted molar refractivity (Wildman–Crippen MR) is 76.9 cm³/mol. The van der Waals surface area contributed by atoms with Gasteiger partial charge >= 0.3 is 0 Å². The van der Waals surface area contributed by atoms with Gasteiger partial charge in [-0.05, 0) is 24.3 Å². The lowest BCUT2D eigenvalue weighted by Crippen LogP contribution is -2.51. The minimum absolute atomic E-state index is 0. The van der Waals surface area contributed by atoms with Crippen LogP contribution >= 0.6 is 12.4 Å². The number of aromatic hydroxyl groups is 1. The molecule has 3 N–H and O–H groups in total. The Morgan fingerprint density at radius 3 is 2.05 bits per heavy atom. The monoisotopic (exact) mass is 299 g/mol. The molecule has 1 aliphatic rings. The molecule has 0 unspecified atom stereocenters. The molecule has 1 aliphatic heterocycles. The van der Waals surface area contributed by atoms with Gasteiger partial charge in [-0.25, -0.2) is 0 Å². The van der Waals surface area contributed by atoms with E-state index in [0.29, 0.717) is 31.7 Å². The maximum absolute atomic E-state index is 12.2. The summed E-state index contributed by atoms with van der Waals surface area (Å²) in [7, 11) is 0. The van der Waals surface area contributed by atoms with E-state index in [1.165, 1.54) is 12.1 Å². The van der Waals surface area contributed by atoms with E-state index in [1.54, 1.807) is 21.9 Å². The van der Waals surface area contributed by atoms with Crippen molar-refractivity contribution in [3.8, 4) is 5.75 Å². The summed E-state index contributed by atoms with van der Waals surface area (Å²) in [6, 6.07) is 6.16. The second-order valence-electron chi connectivity index (χ2n) is 4.42. The van der Waals surface area contributed by atoms with Gasteiger partial charge in [-0.2, -0.15) is 0 Å². The maximum atomic E-state index is 12.2. The molecule has 2 amide bonds. The number of carbonyl (C=O) groups excluding carboxylic acids is 2. The molecule has 0 spiro atoms. The molecule has 0 aliphatic carbocycles. The molecule has 0 saturated carbocycles. The van der Waals surface area contributed by atoms with Gasteiger partial charge in [-0.1, -0.05) is 0 Å². The van der Waals surface area contributed by atoms with Crippen molar-refractivity contribution in [2.75, 3.05) is 32.7 Å². The van der Waals surface area contributed by atoms with E-state index in [-0.39, 0.29) is 36.5 Å². The summed E-state index contributed by atoms with van der Waals surface area (Å²) < 4.78 is 0. The first kappa shape index (κ1) is 16.3. The van der Waals surface area contributed by atoms with Crippen molar-refractivity contribution in [2.45, 2.75) is 0 Å². The van der Waals surface area contributed by atoms with Crippen LogP contribution in [0.4, 0.5) is 0 Å². The van der Waals surface area contributed by atoms with Crippen molar-refractivity contribution in [3.63, 3.8) is 0 Å². The summed E-state index contributed by atoms with van der Waals surface area (Å²) in [4.78, 5) is 27.0. The first-order valence-corrected chi connectivity index (χ1v) is 6.18. The maximum Gasteiger partial charge on any atom is 0.253 e. The zero-order chi connectivity index (χ0) is 13.8. The van der Waals surface area contributed by atoms with Gasteiger partial charge in [0.2, 0.25) is 5.91 Å². The van der Waals surface area contributed by atoms with Crippen molar-refractivity contribution in [1.29, 1.82) is 0 Å². The normalized spacial score (nSPS) is 14.7. The number of hydrogen-bond acceptors (Lipinski definition) is 4. The average Bonchev–Trinajstić information content (AvgIpc) is 2.46. The van der Waals surface area contributed by atoms with E-state index in [1.807, 2.05) is 0 Å². The fraction of sp³-hybridized carbons (Fsp3) is 0.385. The van der Waals surface area contributed by atoms with Crippen molar-refractivity contribution >= 4 is 24.2 Å². The number of halogens is 1. The first-order chi connectivity index (χ1) is 9.11. The zero-order valence-corrected chi connectivity index (χ0v) is 11.8. The third kappa shape index (κ3) is 3.61. The molecule has 1 fully saturated rings. The van der Waals surface area contributed by atoms with Crippen molar-refractivity contribution in [2.24, 2.45) is 5.73 Å². The van der Waals surface area contributed by atoms with Gasteiger partial charge in [-0.15, -0.1) is 12.4 Å². The molecule has 0 bridgehead atoms. The predicted octanol–water partition coefficient (Wildman–Crippen LogP) is 0.0571. The molecule has 110 valence electrons. The van der Waals surface area contributed by atoms with E-state index < -0.39 is 0 Å². The largest absolute Gasteiger partial charge is 0.508 e. The summed E-state index contributed by atoms with van der Waals surface area (Å²) in [5.41, 5.74) is 5.85. The van der Waals surface area contributed by atoms with Gasteiger partial charge < -0.3 is 20.6 Å². The Hall–Kier alpha value is -1.79. The summed E-state index contributed by atoms with van der Waals surface area (Å²) in [5.74, 6) is -0.0357. The Kier molecular flexibility index (Phi) is 5.79. The number of phenols is 1. The summed E-state index contributed by atoms with van der Waals surface area (Å²) in [6.45, 7) is 2.04. The highest BCUT2D eigenvalue weighted by molar-refractivity contribution is 5.94. The molecule has 20 heavy (non-hydrogen) atoms. The number of nitrogens with two attached hydrogens (primary N) is 1. The molecule has 0 atom stereocenters. The zero-order valence-electron chi connectivity index (χ0n) is 11.0. The van der Waals surface area contributed by atoms with Crippen LogP contribution in [-0.4, -0.2) is 59.4 Å². The smallest absolute Gasteiger partial charge is 0.253 e. The van der Waals surface area contributed by atoms with E-state index >= 15 is 0 Å². The number of piperazine rings is 1. The molecule has 0 aromatic heterocycles. The Bertz CT molecular complexity index is 470. The Labute approximate surface area is 123 Å². The minimum atomic E-state index is -0.0864. The lowest BCUT2D eigenvalue weighted by Gasteiger charge is -2.34. The summed E-state index contributed by atoms with van der Waals surface area (Å²) >= 11 is 0. The van der Waals surface area contributed by atoms with Gasteiger partial charge in [0.15, 0.2) is 0 Å². The number of rotatable bonds is 2. The fourth-order valence-corrected chi connectivity index (χ4v) is 2.07. The number of phenolic OH excluding ortho intramolecular Hbond substituents is 1. The van der Waals surface area contributed by atoms with Crippen LogP contribution in [0.25, 0.3) is 0 Å². The topological polar surface area (TPSA) is 86.9 Å². The van der Waals surface area contributed by atoms with Gasteiger partial charge in [0.25, 0.3) is 5.91 Å². The van der Waals surface area contributed by atoms with Crippen LogP contribution in [0.5, 0.6) is 5.75 Å². The molecule has 7 heteroatoms. The van der Waals surface area contributed by atoms with E-state index in [2.05, 4.69) is 0 Å². The highest BCUT2D eigenvalue weighted by atomic mass is 35.5. The quantitative estimate of drug-likeness (QED) is 0.808. The first-order valence-electron chi connectivity index (χ1n) is 6.18. The number of carbonyl (C=O) groups is 2. The third-order valence-electron chi connectivity index (χ3n) is 3.21. The number of hydrogen-bond donors (Lipinski definition) is 2. The molecule has 1 heterocycles. The van der Waals surface area contributed by atoms with Crippen molar-refractivity contribution in [1.82, 2.24) is 9.80 Å². The van der Waals surface area contributed by atoms with Crippen LogP contribution in [0, 0.1) is 0 Å². The van der Waals surface area contributed by atoms with Gasteiger partial charge in [0, 0.05) is 31.7 Å². The van der Waals surface area contributed by atoms with E-state index in [4.69, 9.17) is 5.73 Å². The molecule has 1 aromatic rings. The lowest BCUT2D eigenvalue weighted by atomic mass is 10.1. The molecule has 6 nitrogen and oxygen atoms in total. The van der Waals surface area contributed by atoms with Crippen molar-refractivity contribution in [3.05, 3.63) is 29.8 Å². The van der Waals surface area contributed by atoms with Gasteiger partial charge in [0.05, 0.1) is 6.54 Å². The average molecular weight is 300 g/mol. The number of amides is 2. The van der Waals surface area contributed by atoms with Crippen LogP contribution in [0.2, 0.25) is 0 Å². The fourth-order valence-electron chi connectivity index (χ4n) is 2.07. The van der Waals surface area contributed by atoms with Crippen LogP contribution in [-0.2, 0) is 4.79 Å². The lowest BCUT2D eigenvalue weighted by molar-refractivity contribution is -0.131. The van der Waals surface area contributed by atoms with Crippen molar-refractivity contribution < 1.29 is 14.7 Å². The second-order valence-corrected chi connectivity index (χ2v) is 4.42. The molecule has 0 radical (unpaired) electrons. The molecular formula is C13H18ClN3O3. The van der Waals surface area contributed by atoms with Gasteiger partial charge in [0.1, 0.15) is 5.75 Å². The standard InChI is InChI=1S/C13H17N3O3.ClH/c14-9-12(18)15-5-7-16(8-6-15)13(19)10-1-3-11(17)4-2-10;/h1-4,17H,5-9,14H2;1H. The Balaban J connectivity index is 0.00000200. The van der Waals surface area contributed by atoms with E-state index in [0.717, 1.165) is 0 Å². The van der Waals surface area contributed by atoms with Crippen LogP contribution in [0.15, 0.2) is 24.3 Å². The van der Waals surface area contributed by atoms with Crippen LogP contribution in [0.1, 0.15) is 10.4 Å². The van der Waals surface area contributed by atoms with Gasteiger partial charge in [-0.3, -0.25) is 9.59 Å². The molecule has 1 aromatic carbocycles. The minimum Gasteiger partial charge on any atom is -0.508 e. The second kappa shape index (κ2) is 7.12. The number of nitrogens with zero attached hydrogens (tertiary/aromatic N) is 2. The Morgan fingerprint density at radius 2 is 1.55 bits per heavy atom. The highest BCUT2D eigenvalue weighted by Crippen LogP contribution is 2.13. The van der Waals surface area contributed by atoms with Crippen LogP contribution < -0.4 is 5.73 Å². The Morgan fingerprint density at radius 1 is 1.05 bits per heavy atom. The summed E-state index contributed by atoms with van der Waals surface area (Å²) in [5, 5.41) is 9.19. The number of benzene rings is 1. The highest BCUT2D eigenvalue weighted by Gasteiger charge is 2.23. The summed E-state index contributed by atoms with van der Waals surface area (Å²) in [6.07, 6.45) is 0.